The number of nitrogens with zero attached hydrogens (tertiary/aromatic N) is 2. The number of amides is 1. The van der Waals surface area contributed by atoms with Crippen LogP contribution in [-0.2, 0) is 9.59 Å². The predicted molar refractivity (Wildman–Crippen MR) is 135 cm³/mol. The molecule has 0 fully saturated rings. The number of pyridine rings is 1. The SMILES string of the molecule is Cc1cc(C(=O)O)c2cc(/C=C3\SC(Nc4c(Cl)cccc4Cl)=NC3=O)ccc2n1.O=C(O)C(F)(F)F. The number of halogens is 5. The molecule has 1 aliphatic rings. The van der Waals surface area contributed by atoms with Gasteiger partial charge in [0, 0.05) is 11.1 Å². The van der Waals surface area contributed by atoms with Gasteiger partial charge in [0.1, 0.15) is 0 Å². The van der Waals surface area contributed by atoms with Gasteiger partial charge in [-0.3, -0.25) is 9.78 Å². The van der Waals surface area contributed by atoms with Crippen molar-refractivity contribution in [1.82, 2.24) is 4.98 Å². The summed E-state index contributed by atoms with van der Waals surface area (Å²) in [5.41, 5.74) is 2.50. The summed E-state index contributed by atoms with van der Waals surface area (Å²) in [5, 5.41) is 21.3. The fraction of sp³-hybridized carbons (Fsp3) is 0.0870. The molecule has 2 aromatic carbocycles. The standard InChI is InChI=1S/C21H13Cl2N3O3S.C2HF3O2/c1-10-7-13(20(28)29)12-8-11(5-6-16(12)24-10)9-17-19(27)26-21(30-17)25-18-14(22)3-2-4-15(18)23;3-2(4,5)1(6)7/h2-9H,1H3,(H,28,29)(H,25,26,27);(H,6,7)/b17-9-;. The molecule has 0 unspecified atom stereocenters. The molecule has 3 N–H and O–H groups in total. The van der Waals surface area contributed by atoms with Gasteiger partial charge in [-0.15, -0.1) is 0 Å². The first kappa shape index (κ1) is 28.0. The van der Waals surface area contributed by atoms with Crippen LogP contribution in [0, 0.1) is 6.92 Å². The number of thioether (sulfide) groups is 1. The molecule has 0 saturated heterocycles. The lowest BCUT2D eigenvalue weighted by Crippen LogP contribution is -2.21. The number of anilines is 1. The molecule has 1 aliphatic heterocycles. The van der Waals surface area contributed by atoms with Crippen LogP contribution in [-0.4, -0.2) is 44.4 Å². The van der Waals surface area contributed by atoms with Crippen molar-refractivity contribution in [3.8, 4) is 0 Å². The number of carboxylic acids is 2. The van der Waals surface area contributed by atoms with Crippen LogP contribution in [0.4, 0.5) is 18.9 Å². The average Bonchev–Trinajstić information content (AvgIpc) is 3.14. The number of rotatable bonds is 3. The summed E-state index contributed by atoms with van der Waals surface area (Å²) in [6, 6.07) is 11.8. The minimum atomic E-state index is -5.08. The minimum Gasteiger partial charge on any atom is -0.478 e. The van der Waals surface area contributed by atoms with E-state index in [4.69, 9.17) is 33.1 Å². The zero-order valence-corrected chi connectivity index (χ0v) is 20.8. The van der Waals surface area contributed by atoms with Gasteiger partial charge in [-0.1, -0.05) is 35.3 Å². The number of para-hydroxylation sites is 1. The molecule has 14 heteroatoms. The topological polar surface area (TPSA) is 129 Å². The second-order valence-corrected chi connectivity index (χ2v) is 9.10. The molecule has 0 bridgehead atoms. The lowest BCUT2D eigenvalue weighted by atomic mass is 10.0. The summed E-state index contributed by atoms with van der Waals surface area (Å²) < 4.78 is 31.7. The number of carbonyl (C=O) groups excluding carboxylic acids is 1. The highest BCUT2D eigenvalue weighted by molar-refractivity contribution is 8.18. The second-order valence-electron chi connectivity index (χ2n) is 7.25. The van der Waals surface area contributed by atoms with Crippen LogP contribution in [0.1, 0.15) is 21.6 Å². The normalized spacial score (nSPS) is 14.3. The highest BCUT2D eigenvalue weighted by atomic mass is 35.5. The number of aromatic nitrogens is 1. The van der Waals surface area contributed by atoms with E-state index in [0.29, 0.717) is 48.0 Å². The second kappa shape index (κ2) is 11.2. The Balaban J connectivity index is 0.000000479. The molecule has 0 radical (unpaired) electrons. The van der Waals surface area contributed by atoms with Gasteiger partial charge in [0.25, 0.3) is 5.91 Å². The number of aryl methyl sites for hydroxylation is 1. The van der Waals surface area contributed by atoms with Crippen LogP contribution in [0.3, 0.4) is 0 Å². The van der Waals surface area contributed by atoms with Crippen molar-refractivity contribution in [2.75, 3.05) is 5.32 Å². The van der Waals surface area contributed by atoms with E-state index < -0.39 is 24.0 Å². The summed E-state index contributed by atoms with van der Waals surface area (Å²) >= 11 is 13.5. The number of carbonyl (C=O) groups is 3. The van der Waals surface area contributed by atoms with E-state index in [9.17, 15) is 27.9 Å². The number of amidine groups is 1. The fourth-order valence-corrected chi connectivity index (χ4v) is 4.29. The number of aliphatic carboxylic acids is 1. The Labute approximate surface area is 220 Å². The van der Waals surface area contributed by atoms with Gasteiger partial charge in [0.15, 0.2) is 5.17 Å². The van der Waals surface area contributed by atoms with Crippen LogP contribution < -0.4 is 5.32 Å². The summed E-state index contributed by atoms with van der Waals surface area (Å²) in [7, 11) is 0. The van der Waals surface area contributed by atoms with E-state index in [1.54, 1.807) is 49.4 Å². The van der Waals surface area contributed by atoms with E-state index in [1.165, 1.54) is 6.07 Å². The van der Waals surface area contributed by atoms with Gasteiger partial charge >= 0.3 is 18.1 Å². The molecule has 0 saturated carbocycles. The van der Waals surface area contributed by atoms with E-state index in [1.807, 2.05) is 0 Å². The maximum absolute atomic E-state index is 12.3. The maximum Gasteiger partial charge on any atom is 0.490 e. The molecule has 4 rings (SSSR count). The van der Waals surface area contributed by atoms with Gasteiger partial charge < -0.3 is 15.5 Å². The van der Waals surface area contributed by atoms with Crippen molar-refractivity contribution in [2.45, 2.75) is 13.1 Å². The first-order valence-electron chi connectivity index (χ1n) is 9.94. The smallest absolute Gasteiger partial charge is 0.478 e. The van der Waals surface area contributed by atoms with Crippen molar-refractivity contribution in [3.63, 3.8) is 0 Å². The number of aromatic carboxylic acids is 1. The Kier molecular flexibility index (Phi) is 8.46. The first-order valence-corrected chi connectivity index (χ1v) is 11.5. The lowest BCUT2D eigenvalue weighted by Gasteiger charge is -2.08. The van der Waals surface area contributed by atoms with Crippen LogP contribution >= 0.6 is 35.0 Å². The van der Waals surface area contributed by atoms with Crippen molar-refractivity contribution in [1.29, 1.82) is 0 Å². The van der Waals surface area contributed by atoms with Crippen molar-refractivity contribution >= 4 is 80.6 Å². The highest BCUT2D eigenvalue weighted by Gasteiger charge is 2.38. The zero-order valence-electron chi connectivity index (χ0n) is 18.4. The molecule has 0 spiro atoms. The molecule has 0 atom stereocenters. The highest BCUT2D eigenvalue weighted by Crippen LogP contribution is 2.35. The van der Waals surface area contributed by atoms with Gasteiger partial charge in [-0.2, -0.15) is 18.2 Å². The Hall–Kier alpha value is -3.61. The van der Waals surface area contributed by atoms with Crippen LogP contribution in [0.15, 0.2) is 52.4 Å². The van der Waals surface area contributed by atoms with E-state index in [2.05, 4.69) is 15.3 Å². The minimum absolute atomic E-state index is 0.162. The summed E-state index contributed by atoms with van der Waals surface area (Å²) in [4.78, 5) is 41.6. The largest absolute Gasteiger partial charge is 0.490 e. The summed E-state index contributed by atoms with van der Waals surface area (Å²) in [6.45, 7) is 1.74. The third-order valence-electron chi connectivity index (χ3n) is 4.55. The predicted octanol–water partition coefficient (Wildman–Crippen LogP) is 6.26. The van der Waals surface area contributed by atoms with E-state index in [0.717, 1.165) is 11.8 Å². The molecule has 1 amide bonds. The zero-order chi connectivity index (χ0) is 27.5. The van der Waals surface area contributed by atoms with Gasteiger partial charge in [-0.05, 0) is 60.7 Å². The number of hydrogen-bond acceptors (Lipinski definition) is 6. The Bertz CT molecular complexity index is 1470. The molecule has 2 heterocycles. The van der Waals surface area contributed by atoms with Gasteiger partial charge in [0.2, 0.25) is 0 Å². The molecular formula is C23H14Cl2F3N3O5S. The quantitative estimate of drug-likeness (QED) is 0.314. The Morgan fingerprint density at radius 1 is 1.08 bits per heavy atom. The number of nitrogens with one attached hydrogen (secondary N) is 1. The van der Waals surface area contributed by atoms with Gasteiger partial charge in [-0.25, -0.2) is 9.59 Å². The fourth-order valence-electron chi connectivity index (χ4n) is 2.98. The van der Waals surface area contributed by atoms with E-state index in [-0.39, 0.29) is 5.56 Å². The number of benzene rings is 2. The molecule has 8 nitrogen and oxygen atoms in total. The Morgan fingerprint density at radius 3 is 2.27 bits per heavy atom. The third-order valence-corrected chi connectivity index (χ3v) is 6.08. The molecule has 0 aliphatic carbocycles. The third kappa shape index (κ3) is 7.00. The molecule has 192 valence electrons. The molecular weight excluding hydrogens is 558 g/mol. The van der Waals surface area contributed by atoms with Crippen LogP contribution in [0.25, 0.3) is 17.0 Å². The van der Waals surface area contributed by atoms with E-state index >= 15 is 0 Å². The van der Waals surface area contributed by atoms with Crippen LogP contribution in [0.2, 0.25) is 10.0 Å². The number of aliphatic imine (C=N–C) groups is 1. The molecule has 3 aromatic rings. The number of fused-ring (bicyclic) bond motifs is 1. The van der Waals surface area contributed by atoms with Crippen molar-refractivity contribution in [2.24, 2.45) is 4.99 Å². The maximum atomic E-state index is 12.3. The average molecular weight is 572 g/mol. The monoisotopic (exact) mass is 571 g/mol. The first-order chi connectivity index (χ1) is 17.3. The Morgan fingerprint density at radius 2 is 1.70 bits per heavy atom. The molecule has 37 heavy (non-hydrogen) atoms. The molecule has 1 aromatic heterocycles. The van der Waals surface area contributed by atoms with Crippen molar-refractivity contribution in [3.05, 3.63) is 74.2 Å². The van der Waals surface area contributed by atoms with Crippen LogP contribution in [0.5, 0.6) is 0 Å². The number of alkyl halides is 3. The van der Waals surface area contributed by atoms with Crippen molar-refractivity contribution < 1.29 is 37.8 Å². The number of carboxylic acid groups (broad SMARTS) is 2. The van der Waals surface area contributed by atoms with Gasteiger partial charge in [0.05, 0.1) is 31.7 Å². The lowest BCUT2D eigenvalue weighted by molar-refractivity contribution is -0.192. The summed E-state index contributed by atoms with van der Waals surface area (Å²) in [5.74, 6) is -4.20. The summed E-state index contributed by atoms with van der Waals surface area (Å²) in [6.07, 6.45) is -3.43. The number of hydrogen-bond donors (Lipinski definition) is 3.